The summed E-state index contributed by atoms with van der Waals surface area (Å²) in [6.07, 6.45) is 10.2. The second-order valence-electron chi connectivity index (χ2n) is 10.3. The van der Waals surface area contributed by atoms with Gasteiger partial charge in [0.2, 0.25) is 0 Å². The van der Waals surface area contributed by atoms with Crippen molar-refractivity contribution in [3.63, 3.8) is 0 Å². The van der Waals surface area contributed by atoms with Gasteiger partial charge >= 0.3 is 0 Å². The van der Waals surface area contributed by atoms with Gasteiger partial charge in [0.15, 0.2) is 11.9 Å². The predicted octanol–water partition coefficient (Wildman–Crippen LogP) is 3.46. The van der Waals surface area contributed by atoms with Crippen molar-refractivity contribution in [1.29, 1.82) is 0 Å². The fourth-order valence-corrected chi connectivity index (χ4v) is 4.60. The highest BCUT2D eigenvalue weighted by molar-refractivity contribution is 5.75. The van der Waals surface area contributed by atoms with Gasteiger partial charge in [-0.15, -0.1) is 0 Å². The van der Waals surface area contributed by atoms with Crippen LogP contribution in [0.5, 0.6) is 5.75 Å². The normalized spacial score (nSPS) is 10.8. The van der Waals surface area contributed by atoms with E-state index in [9.17, 15) is 0 Å². The minimum Gasteiger partial charge on any atom is -0.493 e. The molecule has 0 radical (unpaired) electrons. The van der Waals surface area contributed by atoms with Crippen LogP contribution in [-0.4, -0.2) is 44.7 Å². The van der Waals surface area contributed by atoms with E-state index in [1.165, 1.54) is 60.8 Å². The fraction of sp³-hybridized carbons (Fsp3) is 0.548. The summed E-state index contributed by atoms with van der Waals surface area (Å²) < 4.78 is 6.44. The number of unbranched alkanes of at least 4 members (excludes halogenated alkanes) is 5. The Morgan fingerprint density at radius 3 is 1.77 bits per heavy atom. The Hall–Kier alpha value is -3.30. The number of rotatable bonds is 22. The zero-order valence-corrected chi connectivity index (χ0v) is 24.5. The van der Waals surface area contributed by atoms with Gasteiger partial charge in [0.05, 0.1) is 6.61 Å². The minimum absolute atomic E-state index is 0.136. The third-order valence-electron chi connectivity index (χ3n) is 6.58. The Morgan fingerprint density at radius 2 is 1.23 bits per heavy atom. The maximum absolute atomic E-state index is 6.44. The van der Waals surface area contributed by atoms with Crippen molar-refractivity contribution in [2.24, 2.45) is 32.9 Å². The van der Waals surface area contributed by atoms with Crippen LogP contribution in [0.4, 0.5) is 0 Å². The summed E-state index contributed by atoms with van der Waals surface area (Å²) in [6, 6.07) is 15.2. The maximum Gasteiger partial charge on any atom is 0.185 e. The van der Waals surface area contributed by atoms with Crippen LogP contribution in [-0.2, 0) is 19.5 Å². The number of hydrogen-bond donors (Lipinski definition) is 6. The van der Waals surface area contributed by atoms with Gasteiger partial charge in [-0.05, 0) is 57.7 Å². The van der Waals surface area contributed by atoms with Crippen LogP contribution in [0.3, 0.4) is 0 Å². The van der Waals surface area contributed by atoms with Crippen LogP contribution in [0.25, 0.3) is 0 Å². The van der Waals surface area contributed by atoms with Gasteiger partial charge < -0.3 is 38.3 Å². The Kier molecular flexibility index (Phi) is 16.9. The SMILES string of the molecule is Cc1cc(CNCCCN=C(N)N)c(OCCCCCCCCc2ccccc2)c(CNCCCN=C(N)N)c1. The molecule has 2 rings (SSSR count). The molecule has 2 aromatic rings. The van der Waals surface area contributed by atoms with E-state index in [1.54, 1.807) is 0 Å². The molecule has 222 valence electrons. The lowest BCUT2D eigenvalue weighted by Gasteiger charge is -2.18. The monoisotopic (exact) mass is 552 g/mol. The molecule has 0 spiro atoms. The number of hydrogen-bond acceptors (Lipinski definition) is 5. The molecule has 0 aliphatic carbocycles. The van der Waals surface area contributed by atoms with Crippen molar-refractivity contribution in [3.8, 4) is 5.75 Å². The van der Waals surface area contributed by atoms with Crippen LogP contribution < -0.4 is 38.3 Å². The van der Waals surface area contributed by atoms with E-state index in [-0.39, 0.29) is 11.9 Å². The number of guanidine groups is 2. The lowest BCUT2D eigenvalue weighted by Crippen LogP contribution is -2.24. The highest BCUT2D eigenvalue weighted by atomic mass is 16.5. The molecule has 10 N–H and O–H groups in total. The molecule has 9 heteroatoms. The van der Waals surface area contributed by atoms with Gasteiger partial charge in [-0.1, -0.05) is 73.7 Å². The summed E-state index contributed by atoms with van der Waals surface area (Å²) >= 11 is 0. The summed E-state index contributed by atoms with van der Waals surface area (Å²) in [5.74, 6) is 1.26. The molecule has 0 atom stereocenters. The van der Waals surface area contributed by atoms with Crippen molar-refractivity contribution < 1.29 is 4.74 Å². The summed E-state index contributed by atoms with van der Waals surface area (Å²) in [5.41, 5.74) is 26.7. The summed E-state index contributed by atoms with van der Waals surface area (Å²) in [4.78, 5) is 8.10. The molecule has 0 heterocycles. The topological polar surface area (TPSA) is 162 Å². The largest absolute Gasteiger partial charge is 0.493 e. The summed E-state index contributed by atoms with van der Waals surface area (Å²) in [6.45, 7) is 7.21. The standard InChI is InChI=1S/C31H52N8O/c1-25-21-27(23-36-16-11-18-38-30(32)33)29(28(22-25)24-37-17-12-19-39-31(34)35)40-20-10-5-3-2-4-7-13-26-14-8-6-9-15-26/h6,8-9,14-15,21-22,36-37H,2-5,7,10-13,16-20,23-24H2,1H3,(H4,32,33,38)(H4,34,35,39). The number of aryl methyl sites for hydroxylation is 2. The number of benzene rings is 2. The molecule has 0 saturated carbocycles. The molecule has 0 bridgehead atoms. The van der Waals surface area contributed by atoms with E-state index in [2.05, 4.69) is 70.0 Å². The van der Waals surface area contributed by atoms with Gasteiger partial charge in [-0.25, -0.2) is 0 Å². The van der Waals surface area contributed by atoms with Crippen LogP contribution in [0, 0.1) is 6.92 Å². The number of aliphatic imine (C=N–C) groups is 2. The fourth-order valence-electron chi connectivity index (χ4n) is 4.60. The lowest BCUT2D eigenvalue weighted by molar-refractivity contribution is 0.297. The molecule has 0 fully saturated rings. The molecule has 0 aromatic heterocycles. The van der Waals surface area contributed by atoms with Crippen LogP contribution in [0.2, 0.25) is 0 Å². The van der Waals surface area contributed by atoms with Crippen molar-refractivity contribution in [1.82, 2.24) is 10.6 Å². The lowest BCUT2D eigenvalue weighted by atomic mass is 10.0. The van der Waals surface area contributed by atoms with Gasteiger partial charge in [0.25, 0.3) is 0 Å². The van der Waals surface area contributed by atoms with Crippen LogP contribution in [0.1, 0.15) is 73.6 Å². The predicted molar refractivity (Wildman–Crippen MR) is 169 cm³/mol. The quantitative estimate of drug-likeness (QED) is 0.0740. The second-order valence-corrected chi connectivity index (χ2v) is 10.3. The second kappa shape index (κ2) is 20.6. The molecule has 0 aliphatic heterocycles. The number of ether oxygens (including phenoxy) is 1. The van der Waals surface area contributed by atoms with E-state index in [1.807, 2.05) is 0 Å². The molecular weight excluding hydrogens is 500 g/mol. The Balaban J connectivity index is 1.82. The highest BCUT2D eigenvalue weighted by Gasteiger charge is 2.12. The first kappa shape index (κ1) is 32.9. The summed E-state index contributed by atoms with van der Waals surface area (Å²) in [7, 11) is 0. The highest BCUT2D eigenvalue weighted by Crippen LogP contribution is 2.27. The van der Waals surface area contributed by atoms with Gasteiger partial charge in [-0.2, -0.15) is 0 Å². The first-order valence-corrected chi connectivity index (χ1v) is 14.8. The Bertz CT molecular complexity index is 953. The molecule has 0 amide bonds. The van der Waals surface area contributed by atoms with E-state index in [4.69, 9.17) is 27.7 Å². The number of nitrogens with one attached hydrogen (secondary N) is 2. The third-order valence-corrected chi connectivity index (χ3v) is 6.58. The van der Waals surface area contributed by atoms with Crippen molar-refractivity contribution >= 4 is 11.9 Å². The number of nitrogens with zero attached hydrogens (tertiary/aromatic N) is 2. The third kappa shape index (κ3) is 15.3. The van der Waals surface area contributed by atoms with E-state index >= 15 is 0 Å². The van der Waals surface area contributed by atoms with E-state index in [0.29, 0.717) is 13.1 Å². The number of nitrogens with two attached hydrogens (primary N) is 4. The molecule has 0 saturated heterocycles. The zero-order valence-electron chi connectivity index (χ0n) is 24.5. The molecule has 2 aromatic carbocycles. The van der Waals surface area contributed by atoms with E-state index in [0.717, 1.165) is 57.8 Å². The van der Waals surface area contributed by atoms with Crippen LogP contribution in [0.15, 0.2) is 52.4 Å². The van der Waals surface area contributed by atoms with Crippen molar-refractivity contribution in [2.45, 2.75) is 77.8 Å². The maximum atomic E-state index is 6.44. The molecule has 9 nitrogen and oxygen atoms in total. The summed E-state index contributed by atoms with van der Waals surface area (Å²) in [5, 5.41) is 7.03. The van der Waals surface area contributed by atoms with Crippen molar-refractivity contribution in [2.75, 3.05) is 32.8 Å². The molecule has 40 heavy (non-hydrogen) atoms. The molecular formula is C31H52N8O. The van der Waals surface area contributed by atoms with Gasteiger partial charge in [0, 0.05) is 37.3 Å². The Morgan fingerprint density at radius 1 is 0.700 bits per heavy atom. The molecule has 0 unspecified atom stereocenters. The average molecular weight is 553 g/mol. The van der Waals surface area contributed by atoms with Crippen LogP contribution >= 0.6 is 0 Å². The first-order valence-electron chi connectivity index (χ1n) is 14.8. The zero-order chi connectivity index (χ0) is 28.8. The molecule has 0 aliphatic rings. The average Bonchev–Trinajstić information content (AvgIpc) is 2.92. The van der Waals surface area contributed by atoms with Gasteiger partial charge in [-0.3, -0.25) is 9.98 Å². The van der Waals surface area contributed by atoms with Gasteiger partial charge in [0.1, 0.15) is 5.75 Å². The first-order chi connectivity index (χ1) is 19.5. The minimum atomic E-state index is 0.136. The Labute approximate surface area is 241 Å². The smallest absolute Gasteiger partial charge is 0.185 e. The van der Waals surface area contributed by atoms with Crippen molar-refractivity contribution in [3.05, 3.63) is 64.7 Å². The van der Waals surface area contributed by atoms with E-state index < -0.39 is 0 Å².